The summed E-state index contributed by atoms with van der Waals surface area (Å²) in [5.41, 5.74) is 0.590. The third-order valence-electron chi connectivity index (χ3n) is 4.55. The third kappa shape index (κ3) is 4.51. The molecule has 0 amide bonds. The van der Waals surface area contributed by atoms with E-state index in [-0.39, 0.29) is 0 Å². The molecule has 1 saturated heterocycles. The lowest BCUT2D eigenvalue weighted by molar-refractivity contribution is 0.301. The SMILES string of the molecule is CCCCn1nnnc1CN1CC[C@H](CNc2ncccc2C#N)C1. The van der Waals surface area contributed by atoms with Gasteiger partial charge in [0, 0.05) is 25.8 Å². The summed E-state index contributed by atoms with van der Waals surface area (Å²) in [4.78, 5) is 6.65. The number of nitriles is 1. The van der Waals surface area contributed by atoms with Gasteiger partial charge in [-0.15, -0.1) is 5.10 Å². The van der Waals surface area contributed by atoms with Crippen LogP contribution in [0.25, 0.3) is 0 Å². The lowest BCUT2D eigenvalue weighted by atomic mass is 10.1. The molecule has 0 unspecified atom stereocenters. The minimum atomic E-state index is 0.536. The van der Waals surface area contributed by atoms with Crippen molar-refractivity contribution in [3.63, 3.8) is 0 Å². The molecular formula is C17H24N8. The van der Waals surface area contributed by atoms with Gasteiger partial charge in [0.25, 0.3) is 0 Å². The van der Waals surface area contributed by atoms with Gasteiger partial charge in [-0.25, -0.2) is 9.67 Å². The minimum absolute atomic E-state index is 0.536. The van der Waals surface area contributed by atoms with Gasteiger partial charge in [0.2, 0.25) is 0 Å². The smallest absolute Gasteiger partial charge is 0.165 e. The first-order valence-electron chi connectivity index (χ1n) is 8.86. The molecule has 1 N–H and O–H groups in total. The number of rotatable bonds is 8. The number of unbranched alkanes of at least 4 members (excludes halogenated alkanes) is 1. The monoisotopic (exact) mass is 340 g/mol. The fourth-order valence-corrected chi connectivity index (χ4v) is 3.12. The van der Waals surface area contributed by atoms with Crippen LogP contribution >= 0.6 is 0 Å². The van der Waals surface area contributed by atoms with Gasteiger partial charge in [0.1, 0.15) is 11.9 Å². The van der Waals surface area contributed by atoms with Gasteiger partial charge in [0.15, 0.2) is 5.82 Å². The van der Waals surface area contributed by atoms with Crippen molar-refractivity contribution in [2.75, 3.05) is 25.0 Å². The summed E-state index contributed by atoms with van der Waals surface area (Å²) in [5.74, 6) is 2.15. The summed E-state index contributed by atoms with van der Waals surface area (Å²) in [6.07, 6.45) is 5.06. The molecule has 2 aromatic rings. The van der Waals surface area contributed by atoms with E-state index >= 15 is 0 Å². The summed E-state index contributed by atoms with van der Waals surface area (Å²) in [6, 6.07) is 5.74. The zero-order valence-electron chi connectivity index (χ0n) is 14.6. The van der Waals surface area contributed by atoms with E-state index in [1.54, 1.807) is 18.3 Å². The molecule has 0 spiro atoms. The van der Waals surface area contributed by atoms with E-state index < -0.39 is 0 Å². The van der Waals surface area contributed by atoms with Crippen molar-refractivity contribution in [3.8, 4) is 6.07 Å². The van der Waals surface area contributed by atoms with Gasteiger partial charge in [-0.2, -0.15) is 5.26 Å². The van der Waals surface area contributed by atoms with Crippen molar-refractivity contribution in [2.24, 2.45) is 5.92 Å². The van der Waals surface area contributed by atoms with Crippen LogP contribution in [0.1, 0.15) is 37.6 Å². The topological polar surface area (TPSA) is 95.6 Å². The first kappa shape index (κ1) is 17.3. The molecule has 0 saturated carbocycles. The third-order valence-corrected chi connectivity index (χ3v) is 4.55. The van der Waals surface area contributed by atoms with Crippen LogP contribution < -0.4 is 5.32 Å². The number of likely N-dealkylation sites (tertiary alicyclic amines) is 1. The number of aryl methyl sites for hydroxylation is 1. The Bertz CT molecular complexity index is 719. The average molecular weight is 340 g/mol. The Kier molecular flexibility index (Phi) is 5.90. The molecule has 0 aliphatic carbocycles. The highest BCUT2D eigenvalue weighted by Crippen LogP contribution is 2.19. The highest BCUT2D eigenvalue weighted by molar-refractivity contribution is 5.51. The van der Waals surface area contributed by atoms with Gasteiger partial charge in [-0.1, -0.05) is 13.3 Å². The Labute approximate surface area is 147 Å². The Morgan fingerprint density at radius 2 is 2.36 bits per heavy atom. The molecule has 25 heavy (non-hydrogen) atoms. The maximum atomic E-state index is 9.12. The molecular weight excluding hydrogens is 316 g/mol. The molecule has 0 aromatic carbocycles. The average Bonchev–Trinajstić information content (AvgIpc) is 3.28. The highest BCUT2D eigenvalue weighted by Gasteiger charge is 2.24. The molecule has 0 bridgehead atoms. The van der Waals surface area contributed by atoms with Crippen LogP contribution in [0.15, 0.2) is 18.3 Å². The molecule has 1 atom stereocenters. The Morgan fingerprint density at radius 1 is 1.44 bits per heavy atom. The minimum Gasteiger partial charge on any atom is -0.369 e. The van der Waals surface area contributed by atoms with E-state index in [1.165, 1.54) is 0 Å². The largest absolute Gasteiger partial charge is 0.369 e. The van der Waals surface area contributed by atoms with Crippen LogP contribution in [0.3, 0.4) is 0 Å². The molecule has 8 nitrogen and oxygen atoms in total. The van der Waals surface area contributed by atoms with E-state index in [9.17, 15) is 0 Å². The number of tetrazole rings is 1. The summed E-state index contributed by atoms with van der Waals surface area (Å²) in [5, 5.41) is 24.5. The second-order valence-corrected chi connectivity index (χ2v) is 6.45. The molecule has 1 aliphatic rings. The van der Waals surface area contributed by atoms with Crippen molar-refractivity contribution in [2.45, 2.75) is 39.3 Å². The van der Waals surface area contributed by atoms with E-state index in [0.29, 0.717) is 17.3 Å². The normalized spacial score (nSPS) is 17.5. The van der Waals surface area contributed by atoms with Crippen molar-refractivity contribution < 1.29 is 0 Å². The number of nitrogens with one attached hydrogen (secondary N) is 1. The summed E-state index contributed by atoms with van der Waals surface area (Å²) in [6.45, 7) is 6.71. The Hall–Kier alpha value is -2.53. The summed E-state index contributed by atoms with van der Waals surface area (Å²) >= 11 is 0. The number of hydrogen-bond donors (Lipinski definition) is 1. The van der Waals surface area contributed by atoms with E-state index in [4.69, 9.17) is 5.26 Å². The van der Waals surface area contributed by atoms with Gasteiger partial charge >= 0.3 is 0 Å². The van der Waals surface area contributed by atoms with Crippen LogP contribution in [-0.2, 0) is 13.1 Å². The second-order valence-electron chi connectivity index (χ2n) is 6.45. The highest BCUT2D eigenvalue weighted by atomic mass is 15.5. The van der Waals surface area contributed by atoms with Crippen LogP contribution in [0.5, 0.6) is 0 Å². The van der Waals surface area contributed by atoms with Crippen LogP contribution in [-0.4, -0.2) is 49.7 Å². The van der Waals surface area contributed by atoms with E-state index in [0.717, 1.165) is 57.8 Å². The first-order valence-corrected chi connectivity index (χ1v) is 8.86. The number of pyridine rings is 1. The molecule has 132 valence electrons. The van der Waals surface area contributed by atoms with Crippen LogP contribution in [0.4, 0.5) is 5.82 Å². The van der Waals surface area contributed by atoms with Crippen LogP contribution in [0, 0.1) is 17.2 Å². The fourth-order valence-electron chi connectivity index (χ4n) is 3.12. The quantitative estimate of drug-likeness (QED) is 0.781. The lowest BCUT2D eigenvalue weighted by Crippen LogP contribution is -2.25. The van der Waals surface area contributed by atoms with Crippen molar-refractivity contribution >= 4 is 5.82 Å². The maximum absolute atomic E-state index is 9.12. The second kappa shape index (κ2) is 8.53. The number of hydrogen-bond acceptors (Lipinski definition) is 7. The molecule has 8 heteroatoms. The standard InChI is InChI=1S/C17H24N8/c1-2-3-8-25-16(21-22-23-25)13-24-9-6-14(12-24)11-20-17-15(10-18)5-4-7-19-17/h4-5,7,14H,2-3,6,8-9,11-13H2,1H3,(H,19,20)/t14-/m1/s1. The van der Waals surface area contributed by atoms with E-state index in [1.807, 2.05) is 4.68 Å². The van der Waals surface area contributed by atoms with E-state index in [2.05, 4.69) is 43.7 Å². The first-order chi connectivity index (χ1) is 12.3. The van der Waals surface area contributed by atoms with Crippen molar-refractivity contribution in [1.82, 2.24) is 30.1 Å². The van der Waals surface area contributed by atoms with Gasteiger partial charge in [0.05, 0.1) is 12.1 Å². The van der Waals surface area contributed by atoms with Gasteiger partial charge in [-0.3, -0.25) is 4.90 Å². The maximum Gasteiger partial charge on any atom is 0.165 e. The molecule has 3 rings (SSSR count). The molecule has 1 fully saturated rings. The number of nitrogens with zero attached hydrogens (tertiary/aromatic N) is 7. The molecule has 2 aromatic heterocycles. The van der Waals surface area contributed by atoms with Gasteiger partial charge in [-0.05, 0) is 47.9 Å². The van der Waals surface area contributed by atoms with Crippen LogP contribution in [0.2, 0.25) is 0 Å². The summed E-state index contributed by atoms with van der Waals surface area (Å²) < 4.78 is 1.92. The molecule has 1 aliphatic heterocycles. The lowest BCUT2D eigenvalue weighted by Gasteiger charge is -2.16. The predicted molar refractivity (Wildman–Crippen MR) is 93.6 cm³/mol. The molecule has 0 radical (unpaired) electrons. The Morgan fingerprint density at radius 3 is 3.20 bits per heavy atom. The van der Waals surface area contributed by atoms with Crippen molar-refractivity contribution in [1.29, 1.82) is 5.26 Å². The number of anilines is 1. The van der Waals surface area contributed by atoms with Gasteiger partial charge < -0.3 is 5.32 Å². The zero-order valence-corrected chi connectivity index (χ0v) is 14.6. The Balaban J connectivity index is 1.49. The predicted octanol–water partition coefficient (Wildman–Crippen LogP) is 1.67. The zero-order chi connectivity index (χ0) is 17.5. The summed E-state index contributed by atoms with van der Waals surface area (Å²) in [7, 11) is 0. The molecule has 3 heterocycles. The fraction of sp³-hybridized carbons (Fsp3) is 0.588. The number of aromatic nitrogens is 5. The van der Waals surface area contributed by atoms with Crippen molar-refractivity contribution in [3.05, 3.63) is 29.7 Å².